The Bertz CT molecular complexity index is 533. The van der Waals surface area contributed by atoms with E-state index in [4.69, 9.17) is 16.3 Å². The van der Waals surface area contributed by atoms with Crippen LogP contribution in [0, 0.1) is 0 Å². The summed E-state index contributed by atoms with van der Waals surface area (Å²) in [4.78, 5) is 13.9. The number of hydrogen-bond acceptors (Lipinski definition) is 2. The first kappa shape index (κ1) is 9.09. The third-order valence-electron chi connectivity index (χ3n) is 2.01. The minimum absolute atomic E-state index is 0.197. The van der Waals surface area contributed by atoms with Gasteiger partial charge in [-0.15, -0.1) is 0 Å². The number of pyridine rings is 1. The Hall–Kier alpha value is -1.48. The van der Waals surface area contributed by atoms with Crippen LogP contribution in [0.5, 0.6) is 5.75 Å². The Morgan fingerprint density at radius 3 is 2.86 bits per heavy atom. The van der Waals surface area contributed by atoms with E-state index in [9.17, 15) is 4.79 Å². The molecule has 0 spiro atoms. The molecule has 0 aliphatic carbocycles. The number of methoxy groups -OCH3 is 1. The molecule has 0 saturated carbocycles. The quantitative estimate of drug-likeness (QED) is 0.782. The minimum atomic E-state index is -0.285. The van der Waals surface area contributed by atoms with E-state index >= 15 is 0 Å². The highest BCUT2D eigenvalue weighted by molar-refractivity contribution is 6.31. The summed E-state index contributed by atoms with van der Waals surface area (Å²) < 4.78 is 5.04. The van der Waals surface area contributed by atoms with E-state index in [1.807, 2.05) is 12.1 Å². The Morgan fingerprint density at radius 2 is 2.14 bits per heavy atom. The van der Waals surface area contributed by atoms with Gasteiger partial charge < -0.3 is 9.72 Å². The lowest BCUT2D eigenvalue weighted by Crippen LogP contribution is -2.05. The van der Waals surface area contributed by atoms with Crippen molar-refractivity contribution in [3.63, 3.8) is 0 Å². The molecule has 0 saturated heterocycles. The van der Waals surface area contributed by atoms with Crippen molar-refractivity contribution in [2.75, 3.05) is 7.11 Å². The molecule has 1 aromatic carbocycles. The molecule has 4 heteroatoms. The van der Waals surface area contributed by atoms with E-state index < -0.39 is 0 Å². The number of ether oxygens (including phenoxy) is 1. The largest absolute Gasteiger partial charge is 0.497 e. The second-order valence-corrected chi connectivity index (χ2v) is 3.31. The molecule has 0 bridgehead atoms. The third-order valence-corrected chi connectivity index (χ3v) is 2.29. The van der Waals surface area contributed by atoms with Crippen LogP contribution in [0.3, 0.4) is 0 Å². The Morgan fingerprint density at radius 1 is 1.36 bits per heavy atom. The minimum Gasteiger partial charge on any atom is -0.497 e. The molecule has 1 heterocycles. The standard InChI is InChI=1S/C10H8ClNO2/c1-14-7-3-2-6-4-8(11)10(13)12-9(6)5-7/h2-5H,1H3,(H,12,13). The maximum atomic E-state index is 11.2. The molecule has 0 aliphatic rings. The lowest BCUT2D eigenvalue weighted by atomic mass is 10.2. The molecular weight excluding hydrogens is 202 g/mol. The highest BCUT2D eigenvalue weighted by atomic mass is 35.5. The van der Waals surface area contributed by atoms with Crippen LogP contribution in [0.15, 0.2) is 29.1 Å². The maximum absolute atomic E-state index is 11.2. The first-order chi connectivity index (χ1) is 6.70. The number of aromatic nitrogens is 1. The molecular formula is C10H8ClNO2. The summed E-state index contributed by atoms with van der Waals surface area (Å²) in [6.45, 7) is 0. The van der Waals surface area contributed by atoms with Crippen LogP contribution in [0.25, 0.3) is 10.9 Å². The molecule has 0 fully saturated rings. The molecule has 2 rings (SSSR count). The Labute approximate surface area is 85.3 Å². The number of fused-ring (bicyclic) bond motifs is 1. The van der Waals surface area contributed by atoms with Crippen molar-refractivity contribution < 1.29 is 4.74 Å². The van der Waals surface area contributed by atoms with E-state index in [1.165, 1.54) is 0 Å². The molecule has 0 radical (unpaired) electrons. The average Bonchev–Trinajstić information content (AvgIpc) is 2.19. The van der Waals surface area contributed by atoms with Gasteiger partial charge >= 0.3 is 0 Å². The molecule has 0 atom stereocenters. The van der Waals surface area contributed by atoms with Gasteiger partial charge in [-0.1, -0.05) is 11.6 Å². The Kier molecular flexibility index (Phi) is 2.17. The SMILES string of the molecule is COc1ccc2cc(Cl)c(=O)[nH]c2c1. The molecule has 0 unspecified atom stereocenters. The number of H-pyrrole nitrogens is 1. The number of halogens is 1. The van der Waals surface area contributed by atoms with E-state index in [0.717, 1.165) is 10.9 Å². The molecule has 2 aromatic rings. The molecule has 14 heavy (non-hydrogen) atoms. The first-order valence-corrected chi connectivity index (χ1v) is 4.45. The normalized spacial score (nSPS) is 10.4. The van der Waals surface area contributed by atoms with Gasteiger partial charge in [-0.2, -0.15) is 0 Å². The summed E-state index contributed by atoms with van der Waals surface area (Å²) >= 11 is 5.69. The second kappa shape index (κ2) is 3.35. The number of benzene rings is 1. The van der Waals surface area contributed by atoms with E-state index in [0.29, 0.717) is 5.75 Å². The highest BCUT2D eigenvalue weighted by Gasteiger charge is 2.00. The van der Waals surface area contributed by atoms with Crippen molar-refractivity contribution in [3.8, 4) is 5.75 Å². The average molecular weight is 210 g/mol. The van der Waals surface area contributed by atoms with Crippen molar-refractivity contribution in [1.29, 1.82) is 0 Å². The van der Waals surface area contributed by atoms with Gasteiger partial charge in [0, 0.05) is 6.07 Å². The lowest BCUT2D eigenvalue weighted by Gasteiger charge is -2.02. The van der Waals surface area contributed by atoms with E-state index in [1.54, 1.807) is 19.2 Å². The second-order valence-electron chi connectivity index (χ2n) is 2.90. The summed E-state index contributed by atoms with van der Waals surface area (Å²) in [5, 5.41) is 1.08. The fraction of sp³-hybridized carbons (Fsp3) is 0.100. The fourth-order valence-corrected chi connectivity index (χ4v) is 1.45. The van der Waals surface area contributed by atoms with Crippen molar-refractivity contribution >= 4 is 22.5 Å². The van der Waals surface area contributed by atoms with Gasteiger partial charge in [-0.05, 0) is 23.6 Å². The third kappa shape index (κ3) is 1.46. The highest BCUT2D eigenvalue weighted by Crippen LogP contribution is 2.19. The zero-order valence-corrected chi connectivity index (χ0v) is 8.26. The first-order valence-electron chi connectivity index (χ1n) is 4.07. The van der Waals surface area contributed by atoms with Crippen molar-refractivity contribution in [1.82, 2.24) is 4.98 Å². The fourth-order valence-electron chi connectivity index (χ4n) is 1.28. The van der Waals surface area contributed by atoms with Gasteiger partial charge in [0.25, 0.3) is 5.56 Å². The van der Waals surface area contributed by atoms with Gasteiger partial charge in [-0.25, -0.2) is 0 Å². The van der Waals surface area contributed by atoms with Gasteiger partial charge in [0.1, 0.15) is 10.8 Å². The van der Waals surface area contributed by atoms with Gasteiger partial charge in [0.2, 0.25) is 0 Å². The maximum Gasteiger partial charge on any atom is 0.267 e. The number of nitrogens with one attached hydrogen (secondary N) is 1. The van der Waals surface area contributed by atoms with Crippen LogP contribution >= 0.6 is 11.6 Å². The topological polar surface area (TPSA) is 42.1 Å². The summed E-state index contributed by atoms with van der Waals surface area (Å²) in [6.07, 6.45) is 0. The van der Waals surface area contributed by atoms with Crippen LogP contribution in [0.1, 0.15) is 0 Å². The molecule has 1 aromatic heterocycles. The van der Waals surface area contributed by atoms with Gasteiger partial charge in [-0.3, -0.25) is 4.79 Å². The molecule has 1 N–H and O–H groups in total. The van der Waals surface area contributed by atoms with Crippen LogP contribution in [0.2, 0.25) is 5.02 Å². The van der Waals surface area contributed by atoms with E-state index in [2.05, 4.69) is 4.98 Å². The summed E-state index contributed by atoms with van der Waals surface area (Å²) in [6, 6.07) is 7.05. The van der Waals surface area contributed by atoms with Crippen LogP contribution in [0.4, 0.5) is 0 Å². The van der Waals surface area contributed by atoms with Crippen molar-refractivity contribution in [3.05, 3.63) is 39.6 Å². The summed E-state index contributed by atoms with van der Waals surface area (Å²) in [5.41, 5.74) is 0.436. The monoisotopic (exact) mass is 209 g/mol. The molecule has 0 aliphatic heterocycles. The van der Waals surface area contributed by atoms with Gasteiger partial charge in [0.15, 0.2) is 0 Å². The number of rotatable bonds is 1. The van der Waals surface area contributed by atoms with E-state index in [-0.39, 0.29) is 10.6 Å². The predicted molar refractivity (Wildman–Crippen MR) is 56.1 cm³/mol. The molecule has 0 amide bonds. The van der Waals surface area contributed by atoms with Gasteiger partial charge in [0.05, 0.1) is 12.6 Å². The number of aromatic amines is 1. The molecule has 72 valence electrons. The van der Waals surface area contributed by atoms with Crippen LogP contribution < -0.4 is 10.3 Å². The predicted octanol–water partition coefficient (Wildman–Crippen LogP) is 2.19. The van der Waals surface area contributed by atoms with Crippen molar-refractivity contribution in [2.45, 2.75) is 0 Å². The van der Waals surface area contributed by atoms with Crippen LogP contribution in [-0.2, 0) is 0 Å². The van der Waals surface area contributed by atoms with Crippen LogP contribution in [-0.4, -0.2) is 12.1 Å². The van der Waals surface area contributed by atoms with Crippen molar-refractivity contribution in [2.24, 2.45) is 0 Å². The summed E-state index contributed by atoms with van der Waals surface area (Å²) in [7, 11) is 1.58. The molecule has 3 nitrogen and oxygen atoms in total. The zero-order chi connectivity index (χ0) is 10.1. The Balaban J connectivity index is 2.77. The number of hydrogen-bond donors (Lipinski definition) is 1. The zero-order valence-electron chi connectivity index (χ0n) is 7.50. The lowest BCUT2D eigenvalue weighted by molar-refractivity contribution is 0.415. The summed E-state index contributed by atoms with van der Waals surface area (Å²) in [5.74, 6) is 0.704. The smallest absolute Gasteiger partial charge is 0.267 e.